The molecule has 22 heavy (non-hydrogen) atoms. The van der Waals surface area contributed by atoms with E-state index in [9.17, 15) is 5.11 Å². The van der Waals surface area contributed by atoms with Crippen LogP contribution in [0.3, 0.4) is 0 Å². The maximum absolute atomic E-state index is 9.69. The molecule has 0 heterocycles. The second-order valence-electron chi connectivity index (χ2n) is 4.79. The fourth-order valence-electron chi connectivity index (χ4n) is 1.92. The second-order valence-corrected chi connectivity index (χ2v) is 6.21. The molecule has 3 heteroatoms. The van der Waals surface area contributed by atoms with Crippen LogP contribution in [0.5, 0.6) is 0 Å². The lowest BCUT2D eigenvalue weighted by Crippen LogP contribution is -1.92. The van der Waals surface area contributed by atoms with E-state index in [0.717, 1.165) is 34.1 Å². The average Bonchev–Trinajstić information content (AvgIpc) is 2.58. The molecule has 0 aliphatic heterocycles. The van der Waals surface area contributed by atoms with Gasteiger partial charge in [-0.2, -0.15) is 0 Å². The van der Waals surface area contributed by atoms with Crippen LogP contribution < -0.4 is 0 Å². The highest BCUT2D eigenvalue weighted by atomic mass is 35.5. The molecule has 0 unspecified atom stereocenters. The maximum atomic E-state index is 9.69. The van der Waals surface area contributed by atoms with Gasteiger partial charge in [0.25, 0.3) is 0 Å². The summed E-state index contributed by atoms with van der Waals surface area (Å²) in [6, 6.07) is 19.8. The Labute approximate surface area is 141 Å². The molecular weight excluding hydrogens is 312 g/mol. The van der Waals surface area contributed by atoms with Crippen LogP contribution in [0, 0.1) is 0 Å². The van der Waals surface area contributed by atoms with Gasteiger partial charge in [0.05, 0.1) is 0 Å². The Morgan fingerprint density at radius 3 is 2.18 bits per heavy atom. The van der Waals surface area contributed by atoms with Crippen LogP contribution in [-0.2, 0) is 5.75 Å². The maximum Gasteiger partial charge on any atom is 0.106 e. The van der Waals surface area contributed by atoms with E-state index in [4.69, 9.17) is 11.6 Å². The fourth-order valence-corrected chi connectivity index (χ4v) is 3.22. The smallest absolute Gasteiger partial charge is 0.106 e. The summed E-state index contributed by atoms with van der Waals surface area (Å²) >= 11 is 7.70. The molecule has 3 rings (SSSR count). The van der Waals surface area contributed by atoms with E-state index in [-0.39, 0.29) is 0 Å². The number of hydrogen-bond donors (Lipinski definition) is 1. The van der Waals surface area contributed by atoms with Gasteiger partial charge in [0, 0.05) is 22.1 Å². The lowest BCUT2D eigenvalue weighted by Gasteiger charge is -2.10. The highest BCUT2D eigenvalue weighted by Gasteiger charge is 2.08. The van der Waals surface area contributed by atoms with Crippen molar-refractivity contribution in [3.8, 4) is 0 Å². The van der Waals surface area contributed by atoms with Gasteiger partial charge in [-0.3, -0.25) is 0 Å². The van der Waals surface area contributed by atoms with Gasteiger partial charge in [0.15, 0.2) is 0 Å². The van der Waals surface area contributed by atoms with Gasteiger partial charge in [0.2, 0.25) is 0 Å². The normalized spacial score (nSPS) is 13.5. The highest BCUT2D eigenvalue weighted by Crippen LogP contribution is 2.31. The van der Waals surface area contributed by atoms with Crippen molar-refractivity contribution in [1.29, 1.82) is 0 Å². The van der Waals surface area contributed by atoms with E-state index in [1.807, 2.05) is 66.7 Å². The monoisotopic (exact) mass is 330 g/mol. The minimum absolute atomic E-state index is 0.500. The summed E-state index contributed by atoms with van der Waals surface area (Å²) in [5, 5.41) is 10.5. The zero-order valence-electron chi connectivity index (χ0n) is 12.3. The second kappa shape index (κ2) is 9.39. The molecule has 114 valence electrons. The Morgan fingerprint density at radius 2 is 1.59 bits per heavy atom. The summed E-state index contributed by atoms with van der Waals surface area (Å²) in [5.74, 6) is 1.29. The molecule has 2 aromatic carbocycles. The standard InChI is InChI=1S/C13H13ClOS.C6H6/c14-11-6-2-1-5-10(11)9-16-13-8-4-3-7-12(13)15;1-2-4-6-5-3-1/h1-2,4-6,8,15H,3,7,9H2;1-6H. The Morgan fingerprint density at radius 1 is 0.955 bits per heavy atom. The summed E-state index contributed by atoms with van der Waals surface area (Å²) in [7, 11) is 0. The number of hydrogen-bond acceptors (Lipinski definition) is 2. The largest absolute Gasteiger partial charge is 0.511 e. The molecular formula is C19H19ClOS. The van der Waals surface area contributed by atoms with Crippen molar-refractivity contribution in [2.24, 2.45) is 0 Å². The van der Waals surface area contributed by atoms with Gasteiger partial charge < -0.3 is 5.11 Å². The Kier molecular flexibility index (Phi) is 7.14. The molecule has 1 aliphatic rings. The van der Waals surface area contributed by atoms with Crippen molar-refractivity contribution < 1.29 is 5.11 Å². The molecule has 0 amide bonds. The predicted octanol–water partition coefficient (Wildman–Crippen LogP) is 6.38. The van der Waals surface area contributed by atoms with Crippen molar-refractivity contribution in [2.45, 2.75) is 18.6 Å². The summed E-state index contributed by atoms with van der Waals surface area (Å²) < 4.78 is 0. The van der Waals surface area contributed by atoms with Crippen LogP contribution >= 0.6 is 23.4 Å². The number of aliphatic hydroxyl groups excluding tert-OH is 1. The van der Waals surface area contributed by atoms with E-state index in [2.05, 4.69) is 6.08 Å². The molecule has 0 saturated heterocycles. The van der Waals surface area contributed by atoms with E-state index in [0.29, 0.717) is 5.76 Å². The van der Waals surface area contributed by atoms with Crippen molar-refractivity contribution in [3.63, 3.8) is 0 Å². The number of aliphatic hydroxyl groups is 1. The zero-order chi connectivity index (χ0) is 15.6. The number of halogens is 1. The average molecular weight is 331 g/mol. The molecule has 2 aromatic rings. The van der Waals surface area contributed by atoms with Gasteiger partial charge in [-0.25, -0.2) is 0 Å². The predicted molar refractivity (Wildman–Crippen MR) is 97.2 cm³/mol. The van der Waals surface area contributed by atoms with Gasteiger partial charge >= 0.3 is 0 Å². The number of thioether (sulfide) groups is 1. The third-order valence-corrected chi connectivity index (χ3v) is 4.62. The summed E-state index contributed by atoms with van der Waals surface area (Å²) in [6.07, 6.45) is 5.76. The van der Waals surface area contributed by atoms with Crippen LogP contribution in [0.15, 0.2) is 83.5 Å². The molecule has 0 aromatic heterocycles. The van der Waals surface area contributed by atoms with Crippen molar-refractivity contribution in [1.82, 2.24) is 0 Å². The Bertz CT molecular complexity index is 608. The minimum atomic E-state index is 0.500. The van der Waals surface area contributed by atoms with E-state index >= 15 is 0 Å². The van der Waals surface area contributed by atoms with Crippen LogP contribution in [0.1, 0.15) is 18.4 Å². The Balaban J connectivity index is 0.000000246. The fraction of sp³-hybridized carbons (Fsp3) is 0.158. The first kappa shape index (κ1) is 16.7. The van der Waals surface area contributed by atoms with Gasteiger partial charge in [-0.05, 0) is 24.1 Å². The third-order valence-electron chi connectivity index (χ3n) is 3.11. The Hall–Kier alpha value is -1.64. The zero-order valence-corrected chi connectivity index (χ0v) is 13.9. The number of rotatable bonds is 3. The van der Waals surface area contributed by atoms with Crippen LogP contribution in [0.2, 0.25) is 5.02 Å². The van der Waals surface area contributed by atoms with E-state index in [1.54, 1.807) is 11.8 Å². The molecule has 1 aliphatic carbocycles. The molecule has 0 saturated carbocycles. The first-order valence-electron chi connectivity index (χ1n) is 7.22. The lowest BCUT2D eigenvalue weighted by molar-refractivity contribution is 0.386. The first-order valence-corrected chi connectivity index (χ1v) is 8.58. The van der Waals surface area contributed by atoms with Crippen LogP contribution in [0.25, 0.3) is 0 Å². The lowest BCUT2D eigenvalue weighted by atomic mass is 10.2. The van der Waals surface area contributed by atoms with Gasteiger partial charge in [0.1, 0.15) is 5.76 Å². The van der Waals surface area contributed by atoms with Gasteiger partial charge in [-0.1, -0.05) is 72.3 Å². The van der Waals surface area contributed by atoms with Crippen LogP contribution in [-0.4, -0.2) is 5.11 Å². The number of allylic oxidation sites excluding steroid dienone is 3. The highest BCUT2D eigenvalue weighted by molar-refractivity contribution is 8.02. The SMILES string of the molecule is OC1=C(SCc2ccccc2Cl)C=CCC1.c1ccccc1. The topological polar surface area (TPSA) is 20.2 Å². The summed E-state index contributed by atoms with van der Waals surface area (Å²) in [5.41, 5.74) is 1.11. The van der Waals surface area contributed by atoms with Crippen molar-refractivity contribution in [3.05, 3.63) is 94.1 Å². The quantitative estimate of drug-likeness (QED) is 0.704. The molecule has 1 nitrogen and oxygen atoms in total. The summed E-state index contributed by atoms with van der Waals surface area (Å²) in [6.45, 7) is 0. The molecule has 0 spiro atoms. The van der Waals surface area contributed by atoms with E-state index < -0.39 is 0 Å². The van der Waals surface area contributed by atoms with E-state index in [1.165, 1.54) is 0 Å². The summed E-state index contributed by atoms with van der Waals surface area (Å²) in [4.78, 5) is 0.964. The number of benzene rings is 2. The van der Waals surface area contributed by atoms with Crippen molar-refractivity contribution in [2.75, 3.05) is 0 Å². The first-order chi connectivity index (χ1) is 10.8. The van der Waals surface area contributed by atoms with Gasteiger partial charge in [-0.15, -0.1) is 11.8 Å². The molecule has 0 bridgehead atoms. The van der Waals surface area contributed by atoms with Crippen molar-refractivity contribution >= 4 is 23.4 Å². The third kappa shape index (κ3) is 5.63. The minimum Gasteiger partial charge on any atom is -0.511 e. The molecule has 1 N–H and O–H groups in total. The molecule has 0 radical (unpaired) electrons. The van der Waals surface area contributed by atoms with Crippen LogP contribution in [0.4, 0.5) is 0 Å². The molecule has 0 atom stereocenters. The molecule has 0 fully saturated rings.